The fourth-order valence-electron chi connectivity index (χ4n) is 1.76. The SMILES string of the molecule is CN(c1cccc(F)c1)C1CC1C(=O)O. The van der Waals surface area contributed by atoms with Gasteiger partial charge in [0, 0.05) is 18.8 Å². The number of aliphatic carboxylic acids is 1. The molecule has 1 fully saturated rings. The Kier molecular flexibility index (Phi) is 2.34. The Labute approximate surface area is 87.1 Å². The molecule has 0 spiro atoms. The first kappa shape index (κ1) is 9.96. The highest BCUT2D eigenvalue weighted by molar-refractivity contribution is 5.76. The van der Waals surface area contributed by atoms with Crippen LogP contribution in [0.15, 0.2) is 24.3 Å². The molecular weight excluding hydrogens is 197 g/mol. The van der Waals surface area contributed by atoms with Crippen molar-refractivity contribution >= 4 is 11.7 Å². The van der Waals surface area contributed by atoms with Crippen LogP contribution < -0.4 is 4.90 Å². The molecule has 1 aliphatic rings. The average Bonchev–Trinajstić information content (AvgIpc) is 2.96. The van der Waals surface area contributed by atoms with E-state index in [9.17, 15) is 9.18 Å². The lowest BCUT2D eigenvalue weighted by Crippen LogP contribution is -2.23. The van der Waals surface area contributed by atoms with E-state index in [0.717, 1.165) is 5.69 Å². The van der Waals surface area contributed by atoms with Gasteiger partial charge in [0.25, 0.3) is 0 Å². The minimum absolute atomic E-state index is 0.00398. The first-order chi connectivity index (χ1) is 7.09. The summed E-state index contributed by atoms with van der Waals surface area (Å²) in [5, 5.41) is 8.77. The smallest absolute Gasteiger partial charge is 0.308 e. The molecule has 1 aromatic carbocycles. The second-order valence-electron chi connectivity index (χ2n) is 3.84. The third kappa shape index (κ3) is 1.93. The third-order valence-electron chi connectivity index (χ3n) is 2.79. The minimum atomic E-state index is -0.775. The lowest BCUT2D eigenvalue weighted by Gasteiger charge is -2.18. The molecule has 2 atom stereocenters. The zero-order valence-electron chi connectivity index (χ0n) is 8.35. The molecule has 4 heteroatoms. The van der Waals surface area contributed by atoms with Gasteiger partial charge in [-0.3, -0.25) is 4.79 Å². The second kappa shape index (κ2) is 3.53. The number of rotatable bonds is 3. The van der Waals surface area contributed by atoms with Crippen LogP contribution in [0.1, 0.15) is 6.42 Å². The molecule has 1 saturated carbocycles. The van der Waals surface area contributed by atoms with Crippen molar-refractivity contribution < 1.29 is 14.3 Å². The zero-order chi connectivity index (χ0) is 11.0. The van der Waals surface area contributed by atoms with Gasteiger partial charge >= 0.3 is 5.97 Å². The Morgan fingerprint density at radius 2 is 2.33 bits per heavy atom. The number of carbonyl (C=O) groups is 1. The van der Waals surface area contributed by atoms with Gasteiger partial charge in [-0.25, -0.2) is 4.39 Å². The summed E-state index contributed by atoms with van der Waals surface area (Å²) in [5.74, 6) is -1.38. The van der Waals surface area contributed by atoms with Crippen molar-refractivity contribution in [2.75, 3.05) is 11.9 Å². The maximum Gasteiger partial charge on any atom is 0.308 e. The van der Waals surface area contributed by atoms with Crippen LogP contribution in [0.5, 0.6) is 0 Å². The van der Waals surface area contributed by atoms with Gasteiger partial charge in [-0.05, 0) is 24.6 Å². The van der Waals surface area contributed by atoms with E-state index in [1.54, 1.807) is 19.2 Å². The molecular formula is C11H12FNO2. The summed E-state index contributed by atoms with van der Waals surface area (Å²) in [6.07, 6.45) is 0.641. The van der Waals surface area contributed by atoms with Crippen molar-refractivity contribution in [3.05, 3.63) is 30.1 Å². The summed E-state index contributed by atoms with van der Waals surface area (Å²) in [4.78, 5) is 12.5. The maximum absolute atomic E-state index is 12.9. The number of hydrogen-bond acceptors (Lipinski definition) is 2. The van der Waals surface area contributed by atoms with Gasteiger partial charge in [-0.1, -0.05) is 6.07 Å². The quantitative estimate of drug-likeness (QED) is 0.824. The van der Waals surface area contributed by atoms with Crippen LogP contribution in [0.3, 0.4) is 0 Å². The molecule has 0 aromatic heterocycles. The monoisotopic (exact) mass is 209 g/mol. The summed E-state index contributed by atoms with van der Waals surface area (Å²) < 4.78 is 12.9. The van der Waals surface area contributed by atoms with Gasteiger partial charge in [-0.15, -0.1) is 0 Å². The maximum atomic E-state index is 12.9. The minimum Gasteiger partial charge on any atom is -0.481 e. The Balaban J connectivity index is 2.10. The van der Waals surface area contributed by atoms with Crippen LogP contribution in [-0.4, -0.2) is 24.2 Å². The van der Waals surface area contributed by atoms with E-state index in [0.29, 0.717) is 6.42 Å². The molecule has 0 radical (unpaired) electrons. The number of anilines is 1. The van der Waals surface area contributed by atoms with E-state index in [1.165, 1.54) is 12.1 Å². The number of carboxylic acids is 1. The summed E-state index contributed by atoms with van der Waals surface area (Å²) >= 11 is 0. The van der Waals surface area contributed by atoms with E-state index < -0.39 is 5.97 Å². The first-order valence-corrected chi connectivity index (χ1v) is 4.81. The molecule has 1 N–H and O–H groups in total. The number of halogens is 1. The summed E-state index contributed by atoms with van der Waals surface area (Å²) in [5.41, 5.74) is 0.726. The fourth-order valence-corrected chi connectivity index (χ4v) is 1.76. The number of carboxylic acid groups (broad SMARTS) is 1. The topological polar surface area (TPSA) is 40.5 Å². The molecule has 1 aromatic rings. The van der Waals surface area contributed by atoms with Crippen molar-refractivity contribution in [3.63, 3.8) is 0 Å². The molecule has 0 heterocycles. The predicted octanol–water partition coefficient (Wildman–Crippen LogP) is 1.73. The molecule has 3 nitrogen and oxygen atoms in total. The molecule has 15 heavy (non-hydrogen) atoms. The molecule has 2 unspecified atom stereocenters. The Hall–Kier alpha value is -1.58. The van der Waals surface area contributed by atoms with Gasteiger partial charge in [0.2, 0.25) is 0 Å². The van der Waals surface area contributed by atoms with Crippen LogP contribution in [0.2, 0.25) is 0 Å². The van der Waals surface area contributed by atoms with Gasteiger partial charge in [0.15, 0.2) is 0 Å². The average molecular weight is 209 g/mol. The van der Waals surface area contributed by atoms with Crippen molar-refractivity contribution in [2.45, 2.75) is 12.5 Å². The number of nitrogens with zero attached hydrogens (tertiary/aromatic N) is 1. The Bertz CT molecular complexity index is 394. The van der Waals surface area contributed by atoms with Crippen LogP contribution in [0, 0.1) is 11.7 Å². The van der Waals surface area contributed by atoms with Crippen molar-refractivity contribution in [3.8, 4) is 0 Å². The third-order valence-corrected chi connectivity index (χ3v) is 2.79. The fraction of sp³-hybridized carbons (Fsp3) is 0.364. The number of benzene rings is 1. The van der Waals surface area contributed by atoms with E-state index in [2.05, 4.69) is 0 Å². The predicted molar refractivity (Wildman–Crippen MR) is 54.3 cm³/mol. The van der Waals surface area contributed by atoms with Crippen LogP contribution in [-0.2, 0) is 4.79 Å². The molecule has 0 bridgehead atoms. The Morgan fingerprint density at radius 1 is 1.60 bits per heavy atom. The highest BCUT2D eigenvalue weighted by Crippen LogP contribution is 2.37. The standard InChI is InChI=1S/C11H12FNO2/c1-13(10-6-9(10)11(14)15)8-4-2-3-7(12)5-8/h2-5,9-10H,6H2,1H3,(H,14,15). The summed E-state index contributed by atoms with van der Waals surface area (Å²) in [6, 6.07) is 6.19. The van der Waals surface area contributed by atoms with Crippen LogP contribution in [0.25, 0.3) is 0 Å². The summed E-state index contributed by atoms with van der Waals surface area (Å²) in [7, 11) is 1.79. The lowest BCUT2D eigenvalue weighted by molar-refractivity contribution is -0.138. The van der Waals surface area contributed by atoms with Crippen molar-refractivity contribution in [1.82, 2.24) is 0 Å². The first-order valence-electron chi connectivity index (χ1n) is 4.81. The molecule has 1 aliphatic carbocycles. The van der Waals surface area contributed by atoms with Gasteiger partial charge in [0.05, 0.1) is 5.92 Å². The van der Waals surface area contributed by atoms with Gasteiger partial charge in [0.1, 0.15) is 5.82 Å². The van der Waals surface area contributed by atoms with E-state index in [4.69, 9.17) is 5.11 Å². The second-order valence-corrected chi connectivity index (χ2v) is 3.84. The zero-order valence-corrected chi connectivity index (χ0v) is 8.35. The molecule has 0 saturated heterocycles. The van der Waals surface area contributed by atoms with Crippen molar-refractivity contribution in [1.29, 1.82) is 0 Å². The highest BCUT2D eigenvalue weighted by atomic mass is 19.1. The van der Waals surface area contributed by atoms with Crippen molar-refractivity contribution in [2.24, 2.45) is 5.92 Å². The molecule has 2 rings (SSSR count). The number of hydrogen-bond donors (Lipinski definition) is 1. The van der Waals surface area contributed by atoms with E-state index in [1.807, 2.05) is 4.90 Å². The summed E-state index contributed by atoms with van der Waals surface area (Å²) in [6.45, 7) is 0. The normalized spacial score (nSPS) is 23.6. The van der Waals surface area contributed by atoms with Gasteiger partial charge in [-0.2, -0.15) is 0 Å². The molecule has 0 aliphatic heterocycles. The molecule has 0 amide bonds. The van der Waals surface area contributed by atoms with Crippen LogP contribution in [0.4, 0.5) is 10.1 Å². The van der Waals surface area contributed by atoms with Crippen LogP contribution >= 0.6 is 0 Å². The lowest BCUT2D eigenvalue weighted by atomic mass is 10.3. The van der Waals surface area contributed by atoms with Gasteiger partial charge < -0.3 is 10.0 Å². The highest BCUT2D eigenvalue weighted by Gasteiger charge is 2.46. The largest absolute Gasteiger partial charge is 0.481 e. The van der Waals surface area contributed by atoms with E-state index in [-0.39, 0.29) is 17.8 Å². The Morgan fingerprint density at radius 3 is 2.87 bits per heavy atom. The molecule has 80 valence electrons. The van der Waals surface area contributed by atoms with E-state index >= 15 is 0 Å².